The van der Waals surface area contributed by atoms with E-state index in [4.69, 9.17) is 26.4 Å². The lowest BCUT2D eigenvalue weighted by Crippen LogP contribution is -2.54. The molecule has 176 valence electrons. The van der Waals surface area contributed by atoms with Gasteiger partial charge in [0.05, 0.1) is 26.8 Å². The number of hydrogen-bond donors (Lipinski definition) is 1. The average molecular weight is 480 g/mol. The van der Waals surface area contributed by atoms with Crippen molar-refractivity contribution < 1.29 is 23.8 Å². The van der Waals surface area contributed by atoms with Crippen LogP contribution in [0.25, 0.3) is 17.0 Å². The molecule has 4 rings (SSSR count). The minimum absolute atomic E-state index is 0.0258. The third-order valence-electron chi connectivity index (χ3n) is 5.48. The van der Waals surface area contributed by atoms with Crippen LogP contribution in [0.3, 0.4) is 0 Å². The highest BCUT2D eigenvalue weighted by Crippen LogP contribution is 2.27. The molecule has 0 unspecified atom stereocenters. The first-order chi connectivity index (χ1) is 16.5. The minimum atomic E-state index is -0.514. The van der Waals surface area contributed by atoms with Crippen molar-refractivity contribution in [3.8, 4) is 11.5 Å². The van der Waals surface area contributed by atoms with Crippen molar-refractivity contribution in [2.24, 2.45) is 0 Å². The summed E-state index contributed by atoms with van der Waals surface area (Å²) in [6.07, 6.45) is 3.52. The zero-order valence-corrected chi connectivity index (χ0v) is 19.8. The number of amides is 2. The van der Waals surface area contributed by atoms with Gasteiger partial charge >= 0.3 is 0 Å². The van der Waals surface area contributed by atoms with Crippen molar-refractivity contribution in [1.82, 2.24) is 14.8 Å². The highest BCUT2D eigenvalue weighted by Gasteiger charge is 2.33. The number of thiocarbonyl (C=S) groups is 1. The molecule has 2 amide bonds. The van der Waals surface area contributed by atoms with Gasteiger partial charge in [0.2, 0.25) is 0 Å². The Bertz CT molecular complexity index is 1270. The normalized spacial score (nSPS) is 15.2. The van der Waals surface area contributed by atoms with E-state index >= 15 is 0 Å². The lowest BCUT2D eigenvalue weighted by molar-refractivity contribution is -0.129. The van der Waals surface area contributed by atoms with Gasteiger partial charge in [-0.2, -0.15) is 0 Å². The van der Waals surface area contributed by atoms with Crippen LogP contribution in [-0.2, 0) is 20.9 Å². The van der Waals surface area contributed by atoms with Crippen LogP contribution in [0.15, 0.2) is 60.3 Å². The molecule has 0 spiro atoms. The van der Waals surface area contributed by atoms with Crippen molar-refractivity contribution in [1.29, 1.82) is 0 Å². The molecule has 1 aromatic heterocycles. The van der Waals surface area contributed by atoms with Crippen molar-refractivity contribution >= 4 is 46.1 Å². The molecule has 0 saturated carbocycles. The maximum Gasteiger partial charge on any atom is 0.265 e. The van der Waals surface area contributed by atoms with Gasteiger partial charge in [0.25, 0.3) is 11.8 Å². The second-order valence-corrected chi connectivity index (χ2v) is 7.95. The fourth-order valence-corrected chi connectivity index (χ4v) is 4.07. The number of methoxy groups -OCH3 is 2. The van der Waals surface area contributed by atoms with E-state index in [9.17, 15) is 9.59 Å². The van der Waals surface area contributed by atoms with E-state index in [1.165, 1.54) is 4.90 Å². The summed E-state index contributed by atoms with van der Waals surface area (Å²) in [4.78, 5) is 26.9. The van der Waals surface area contributed by atoms with Gasteiger partial charge in [-0.25, -0.2) is 0 Å². The van der Waals surface area contributed by atoms with Crippen LogP contribution in [-0.4, -0.2) is 60.4 Å². The SMILES string of the molecule is COCCN1C(=O)C(=Cc2cn(CCOc3ccccc3OC)c3ccccc23)C(=O)NC1=S. The summed E-state index contributed by atoms with van der Waals surface area (Å²) in [5.74, 6) is 0.380. The van der Waals surface area contributed by atoms with Crippen molar-refractivity contribution in [2.45, 2.75) is 6.54 Å². The highest BCUT2D eigenvalue weighted by atomic mass is 32.1. The van der Waals surface area contributed by atoms with Gasteiger partial charge < -0.3 is 18.8 Å². The van der Waals surface area contributed by atoms with Crippen LogP contribution in [0.5, 0.6) is 11.5 Å². The summed E-state index contributed by atoms with van der Waals surface area (Å²) in [5.41, 5.74) is 1.75. The van der Waals surface area contributed by atoms with Gasteiger partial charge in [0.1, 0.15) is 12.2 Å². The summed E-state index contributed by atoms with van der Waals surface area (Å²) in [6.45, 7) is 1.54. The van der Waals surface area contributed by atoms with Crippen molar-refractivity contribution in [3.63, 3.8) is 0 Å². The van der Waals surface area contributed by atoms with Crippen LogP contribution in [0.1, 0.15) is 5.56 Å². The average Bonchev–Trinajstić information content (AvgIpc) is 3.19. The number of carbonyl (C=O) groups is 2. The van der Waals surface area contributed by atoms with E-state index in [-0.39, 0.29) is 17.2 Å². The fraction of sp³-hybridized carbons (Fsp3) is 0.240. The molecule has 8 nitrogen and oxygen atoms in total. The maximum absolute atomic E-state index is 13.0. The summed E-state index contributed by atoms with van der Waals surface area (Å²) in [6, 6.07) is 15.3. The molecule has 1 aliphatic heterocycles. The zero-order valence-electron chi connectivity index (χ0n) is 18.9. The Morgan fingerprint density at radius 2 is 1.71 bits per heavy atom. The molecule has 3 aromatic rings. The van der Waals surface area contributed by atoms with E-state index in [2.05, 4.69) is 5.32 Å². The van der Waals surface area contributed by atoms with Gasteiger partial charge in [-0.3, -0.25) is 19.8 Å². The van der Waals surface area contributed by atoms with Gasteiger partial charge in [-0.1, -0.05) is 30.3 Å². The molecule has 0 radical (unpaired) electrons. The number of nitrogens with one attached hydrogen (secondary N) is 1. The molecule has 1 aliphatic rings. The Kier molecular flexibility index (Phi) is 7.24. The number of hydrogen-bond acceptors (Lipinski definition) is 6. The Balaban J connectivity index is 1.60. The summed E-state index contributed by atoms with van der Waals surface area (Å²) >= 11 is 5.16. The fourth-order valence-electron chi connectivity index (χ4n) is 3.80. The molecule has 0 aliphatic carbocycles. The van der Waals surface area contributed by atoms with Gasteiger partial charge in [0, 0.05) is 29.8 Å². The lowest BCUT2D eigenvalue weighted by atomic mass is 10.1. The summed E-state index contributed by atoms with van der Waals surface area (Å²) < 4.78 is 18.4. The molecule has 1 fully saturated rings. The number of para-hydroxylation sites is 3. The molecule has 34 heavy (non-hydrogen) atoms. The van der Waals surface area contributed by atoms with E-state index in [1.54, 1.807) is 20.3 Å². The molecule has 0 bridgehead atoms. The highest BCUT2D eigenvalue weighted by molar-refractivity contribution is 7.80. The van der Waals surface area contributed by atoms with Crippen LogP contribution in [0, 0.1) is 0 Å². The number of fused-ring (bicyclic) bond motifs is 1. The van der Waals surface area contributed by atoms with Gasteiger partial charge in [-0.15, -0.1) is 0 Å². The number of carbonyl (C=O) groups excluding carboxylic acids is 2. The Morgan fingerprint density at radius 1 is 0.971 bits per heavy atom. The Labute approximate surface area is 202 Å². The molecule has 2 heterocycles. The quantitative estimate of drug-likeness (QED) is 0.289. The van der Waals surface area contributed by atoms with Crippen LogP contribution in [0.2, 0.25) is 0 Å². The Morgan fingerprint density at radius 3 is 2.47 bits per heavy atom. The first-order valence-corrected chi connectivity index (χ1v) is 11.2. The third-order valence-corrected chi connectivity index (χ3v) is 5.81. The molecule has 1 saturated heterocycles. The predicted octanol–water partition coefficient (Wildman–Crippen LogP) is 3.00. The summed E-state index contributed by atoms with van der Waals surface area (Å²) in [7, 11) is 3.15. The Hall–Kier alpha value is -3.69. The number of aromatic nitrogens is 1. The third kappa shape index (κ3) is 4.80. The second kappa shape index (κ2) is 10.5. The first-order valence-electron chi connectivity index (χ1n) is 10.7. The largest absolute Gasteiger partial charge is 0.493 e. The van der Waals surface area contributed by atoms with Crippen molar-refractivity contribution in [2.75, 3.05) is 34.0 Å². The molecule has 9 heteroatoms. The molecular weight excluding hydrogens is 454 g/mol. The van der Waals surface area contributed by atoms with E-state index in [1.807, 2.05) is 59.3 Å². The monoisotopic (exact) mass is 479 g/mol. The lowest BCUT2D eigenvalue weighted by Gasteiger charge is -2.28. The van der Waals surface area contributed by atoms with E-state index in [0.717, 1.165) is 16.5 Å². The van der Waals surface area contributed by atoms with Crippen molar-refractivity contribution in [3.05, 3.63) is 65.9 Å². The zero-order chi connectivity index (χ0) is 24.1. The minimum Gasteiger partial charge on any atom is -0.493 e. The predicted molar refractivity (Wildman–Crippen MR) is 133 cm³/mol. The molecule has 1 N–H and O–H groups in total. The second-order valence-electron chi connectivity index (χ2n) is 7.56. The van der Waals surface area contributed by atoms with Crippen LogP contribution < -0.4 is 14.8 Å². The van der Waals surface area contributed by atoms with Gasteiger partial charge in [-0.05, 0) is 36.5 Å². The molecule has 0 atom stereocenters. The topological polar surface area (TPSA) is 82.0 Å². The smallest absolute Gasteiger partial charge is 0.265 e. The molecule has 2 aromatic carbocycles. The van der Waals surface area contributed by atoms with E-state index in [0.29, 0.717) is 31.3 Å². The number of benzene rings is 2. The van der Waals surface area contributed by atoms with Crippen LogP contribution in [0.4, 0.5) is 0 Å². The van der Waals surface area contributed by atoms with Gasteiger partial charge in [0.15, 0.2) is 16.6 Å². The summed E-state index contributed by atoms with van der Waals surface area (Å²) in [5, 5.41) is 3.60. The standard InChI is InChI=1S/C25H25N3O5S/c1-31-13-12-28-24(30)19(23(29)26-25(28)34)15-17-16-27(20-8-4-3-7-18(17)20)11-14-33-22-10-6-5-9-21(22)32-2/h3-10,15-16H,11-14H2,1-2H3,(H,26,29,34). The number of ether oxygens (including phenoxy) is 3. The van der Waals surface area contributed by atoms with Crippen LogP contribution >= 0.6 is 12.2 Å². The molecular formula is C25H25N3O5S. The number of nitrogens with zero attached hydrogens (tertiary/aromatic N) is 2. The first kappa shape index (κ1) is 23.5. The number of rotatable bonds is 9. The van der Waals surface area contributed by atoms with E-state index < -0.39 is 11.8 Å². The maximum atomic E-state index is 13.0.